The third-order valence-electron chi connectivity index (χ3n) is 1.54. The molecule has 0 aliphatic rings. The number of hydrogen-bond acceptors (Lipinski definition) is 5. The predicted octanol–water partition coefficient (Wildman–Crippen LogP) is -0.806. The normalized spacial score (nSPS) is 9.75. The van der Waals surface area contributed by atoms with E-state index in [1.807, 2.05) is 0 Å². The molecule has 0 aliphatic heterocycles. The molecule has 0 aliphatic carbocycles. The maximum Gasteiger partial charge on any atom is 0.329 e. The minimum Gasteiger partial charge on any atom is -0.480 e. The predicted molar refractivity (Wildman–Crippen MR) is 52.3 cm³/mol. The van der Waals surface area contributed by atoms with Gasteiger partial charge in [-0.2, -0.15) is 0 Å². The Morgan fingerprint density at radius 1 is 1.38 bits per heavy atom. The number of aromatic nitrogens is 2. The van der Waals surface area contributed by atoms with E-state index in [1.54, 1.807) is 0 Å². The highest BCUT2D eigenvalue weighted by molar-refractivity contribution is 5.77. The van der Waals surface area contributed by atoms with Crippen LogP contribution in [-0.4, -0.2) is 40.2 Å². The van der Waals surface area contributed by atoms with Crippen molar-refractivity contribution in [2.45, 2.75) is 6.54 Å². The van der Waals surface area contributed by atoms with Crippen LogP contribution >= 0.6 is 0 Å². The fourth-order valence-corrected chi connectivity index (χ4v) is 0.892. The first-order chi connectivity index (χ1) is 7.68. The van der Waals surface area contributed by atoms with Crippen LogP contribution in [0, 0.1) is 0 Å². The molecular formula is C9H11N3O4. The summed E-state index contributed by atoms with van der Waals surface area (Å²) in [6.07, 6.45) is 4.57. The molecule has 1 rings (SSSR count). The smallest absolute Gasteiger partial charge is 0.329 e. The lowest BCUT2D eigenvalue weighted by atomic mass is 10.4. The van der Waals surface area contributed by atoms with Crippen molar-refractivity contribution in [2.24, 2.45) is 0 Å². The second kappa shape index (κ2) is 6.46. The van der Waals surface area contributed by atoms with Crippen LogP contribution in [0.3, 0.4) is 0 Å². The number of carboxylic acid groups (broad SMARTS) is 1. The van der Waals surface area contributed by atoms with E-state index >= 15 is 0 Å². The molecule has 1 aromatic rings. The monoisotopic (exact) mass is 225 g/mol. The molecule has 1 aromatic heterocycles. The molecule has 0 spiro atoms. The zero-order valence-corrected chi connectivity index (χ0v) is 8.42. The zero-order valence-electron chi connectivity index (χ0n) is 8.42. The first-order valence-corrected chi connectivity index (χ1v) is 4.49. The van der Waals surface area contributed by atoms with Gasteiger partial charge in [0, 0.05) is 12.4 Å². The topological polar surface area (TPSA) is 101 Å². The van der Waals surface area contributed by atoms with Crippen molar-refractivity contribution in [3.8, 4) is 0 Å². The van der Waals surface area contributed by atoms with E-state index in [0.29, 0.717) is 5.69 Å². The number of nitrogens with zero attached hydrogens (tertiary/aromatic N) is 2. The third-order valence-corrected chi connectivity index (χ3v) is 1.54. The minimum absolute atomic E-state index is 0.239. The van der Waals surface area contributed by atoms with Crippen LogP contribution in [0.15, 0.2) is 18.6 Å². The quantitative estimate of drug-likeness (QED) is 0.656. The van der Waals surface area contributed by atoms with Crippen LogP contribution in [0.1, 0.15) is 5.69 Å². The number of rotatable bonds is 6. The van der Waals surface area contributed by atoms with Gasteiger partial charge in [0.05, 0.1) is 18.4 Å². The van der Waals surface area contributed by atoms with Gasteiger partial charge in [-0.3, -0.25) is 14.8 Å². The molecule has 1 amide bonds. The van der Waals surface area contributed by atoms with Crippen LogP contribution < -0.4 is 5.32 Å². The third kappa shape index (κ3) is 5.01. The van der Waals surface area contributed by atoms with Gasteiger partial charge in [0.25, 0.3) is 0 Å². The van der Waals surface area contributed by atoms with Gasteiger partial charge in [0.2, 0.25) is 5.91 Å². The van der Waals surface area contributed by atoms with Crippen molar-refractivity contribution < 1.29 is 19.4 Å². The number of hydrogen-bond donors (Lipinski definition) is 2. The van der Waals surface area contributed by atoms with E-state index in [9.17, 15) is 9.59 Å². The lowest BCUT2D eigenvalue weighted by Gasteiger charge is -2.03. The van der Waals surface area contributed by atoms with Crippen LogP contribution in [0.4, 0.5) is 0 Å². The molecule has 0 radical (unpaired) electrons. The summed E-state index contributed by atoms with van der Waals surface area (Å²) >= 11 is 0. The van der Waals surface area contributed by atoms with Crippen molar-refractivity contribution in [3.63, 3.8) is 0 Å². The summed E-state index contributed by atoms with van der Waals surface area (Å²) in [7, 11) is 0. The summed E-state index contributed by atoms with van der Waals surface area (Å²) in [5.41, 5.74) is 0.620. The van der Waals surface area contributed by atoms with E-state index in [2.05, 4.69) is 20.0 Å². The lowest BCUT2D eigenvalue weighted by Crippen LogP contribution is -2.28. The number of carbonyl (C=O) groups excluding carboxylic acids is 1. The van der Waals surface area contributed by atoms with Crippen molar-refractivity contribution in [1.29, 1.82) is 0 Å². The maximum absolute atomic E-state index is 11.1. The highest BCUT2D eigenvalue weighted by atomic mass is 16.5. The van der Waals surface area contributed by atoms with E-state index in [0.717, 1.165) is 0 Å². The summed E-state index contributed by atoms with van der Waals surface area (Å²) in [4.78, 5) is 29.0. The Bertz CT molecular complexity index is 355. The van der Waals surface area contributed by atoms with E-state index < -0.39 is 18.5 Å². The number of nitrogens with one attached hydrogen (secondary N) is 1. The molecule has 0 fully saturated rings. The van der Waals surface area contributed by atoms with Crippen molar-refractivity contribution in [3.05, 3.63) is 24.3 Å². The SMILES string of the molecule is O=C(O)COCC(=O)NCc1cnccn1. The summed E-state index contributed by atoms with van der Waals surface area (Å²) in [5, 5.41) is 10.8. The highest BCUT2D eigenvalue weighted by Gasteiger charge is 2.03. The van der Waals surface area contributed by atoms with Crippen molar-refractivity contribution >= 4 is 11.9 Å². The molecule has 86 valence electrons. The van der Waals surface area contributed by atoms with Crippen LogP contribution in [-0.2, 0) is 20.9 Å². The Morgan fingerprint density at radius 3 is 2.81 bits per heavy atom. The molecule has 0 aromatic carbocycles. The van der Waals surface area contributed by atoms with E-state index in [-0.39, 0.29) is 13.2 Å². The van der Waals surface area contributed by atoms with Crippen LogP contribution in [0.25, 0.3) is 0 Å². The summed E-state index contributed by atoms with van der Waals surface area (Å²) in [5.74, 6) is -1.51. The summed E-state index contributed by atoms with van der Waals surface area (Å²) < 4.78 is 4.60. The van der Waals surface area contributed by atoms with E-state index in [4.69, 9.17) is 5.11 Å². The van der Waals surface area contributed by atoms with Gasteiger partial charge in [0.15, 0.2) is 0 Å². The molecule has 0 saturated heterocycles. The second-order valence-corrected chi connectivity index (χ2v) is 2.86. The summed E-state index contributed by atoms with van der Waals surface area (Å²) in [6, 6.07) is 0. The number of carboxylic acids is 1. The second-order valence-electron chi connectivity index (χ2n) is 2.86. The largest absolute Gasteiger partial charge is 0.480 e. The molecular weight excluding hydrogens is 214 g/mol. The zero-order chi connectivity index (χ0) is 11.8. The molecule has 0 bridgehead atoms. The fraction of sp³-hybridized carbons (Fsp3) is 0.333. The van der Waals surface area contributed by atoms with Crippen LogP contribution in [0.2, 0.25) is 0 Å². The molecule has 7 nitrogen and oxygen atoms in total. The first kappa shape index (κ1) is 12.1. The van der Waals surface area contributed by atoms with Gasteiger partial charge in [-0.1, -0.05) is 0 Å². The van der Waals surface area contributed by atoms with Gasteiger partial charge in [-0.05, 0) is 0 Å². The summed E-state index contributed by atoms with van der Waals surface area (Å²) in [6.45, 7) is -0.534. The molecule has 7 heteroatoms. The van der Waals surface area contributed by atoms with Gasteiger partial charge < -0.3 is 15.2 Å². The molecule has 0 saturated carbocycles. The van der Waals surface area contributed by atoms with Gasteiger partial charge in [-0.25, -0.2) is 4.79 Å². The molecule has 1 heterocycles. The molecule has 0 unspecified atom stereocenters. The number of amides is 1. The van der Waals surface area contributed by atoms with Crippen molar-refractivity contribution in [1.82, 2.24) is 15.3 Å². The lowest BCUT2D eigenvalue weighted by molar-refractivity contribution is -0.143. The van der Waals surface area contributed by atoms with Gasteiger partial charge >= 0.3 is 5.97 Å². The fourth-order valence-electron chi connectivity index (χ4n) is 0.892. The van der Waals surface area contributed by atoms with Crippen molar-refractivity contribution in [2.75, 3.05) is 13.2 Å². The average molecular weight is 225 g/mol. The molecule has 2 N–H and O–H groups in total. The average Bonchev–Trinajstić information content (AvgIpc) is 2.27. The Balaban J connectivity index is 2.18. The Morgan fingerprint density at radius 2 is 2.19 bits per heavy atom. The van der Waals surface area contributed by atoms with Gasteiger partial charge in [-0.15, -0.1) is 0 Å². The number of ether oxygens (including phenoxy) is 1. The molecule has 16 heavy (non-hydrogen) atoms. The van der Waals surface area contributed by atoms with Gasteiger partial charge in [0.1, 0.15) is 13.2 Å². The molecule has 0 atom stereocenters. The maximum atomic E-state index is 11.1. The van der Waals surface area contributed by atoms with Crippen LogP contribution in [0.5, 0.6) is 0 Å². The minimum atomic E-state index is -1.11. The number of aliphatic carboxylic acids is 1. The first-order valence-electron chi connectivity index (χ1n) is 4.49. The Kier molecular flexibility index (Phi) is 4.87. The Hall–Kier alpha value is -2.02. The highest BCUT2D eigenvalue weighted by Crippen LogP contribution is 1.88. The number of carbonyl (C=O) groups is 2. The Labute approximate surface area is 91.5 Å². The van der Waals surface area contributed by atoms with E-state index in [1.165, 1.54) is 18.6 Å². The standard InChI is InChI=1S/C9H11N3O4/c13-8(5-16-6-9(14)15)12-4-7-3-10-1-2-11-7/h1-3H,4-6H2,(H,12,13)(H,14,15).